The van der Waals surface area contributed by atoms with Crippen LogP contribution in [0, 0.1) is 5.92 Å². The Morgan fingerprint density at radius 1 is 1.42 bits per heavy atom. The molecule has 4 heterocycles. The van der Waals surface area contributed by atoms with Crippen LogP contribution in [-0.4, -0.2) is 35.3 Å². The predicted octanol–water partition coefficient (Wildman–Crippen LogP) is -0.597. The summed E-state index contributed by atoms with van der Waals surface area (Å²) in [4.78, 5) is 12.4. The second kappa shape index (κ2) is 5.63. The summed E-state index contributed by atoms with van der Waals surface area (Å²) in [5.41, 5.74) is 0. The Kier molecular flexibility index (Phi) is 4.30. The van der Waals surface area contributed by atoms with Crippen molar-refractivity contribution in [2.45, 2.75) is 32.6 Å². The molecule has 4 rings (SSSR count). The first-order chi connectivity index (χ1) is 8.72. The van der Waals surface area contributed by atoms with Crippen LogP contribution >= 0.6 is 0 Å². The smallest absolute Gasteiger partial charge is 0.422 e. The van der Waals surface area contributed by atoms with Gasteiger partial charge in [-0.25, -0.2) is 9.28 Å². The average molecular weight is 330 g/mol. The lowest BCUT2D eigenvalue weighted by atomic mass is 9.86. The Labute approximate surface area is 123 Å². The summed E-state index contributed by atoms with van der Waals surface area (Å²) in [5.74, 6) is 2.22. The number of halogens is 1. The van der Waals surface area contributed by atoms with Gasteiger partial charge in [0.1, 0.15) is 5.76 Å². The number of carbonyl (C=O) groups excluding carboxylic acids is 1. The third kappa shape index (κ3) is 2.69. The average Bonchev–Trinajstić information content (AvgIpc) is 2.88. The van der Waals surface area contributed by atoms with Gasteiger partial charge in [-0.15, -0.1) is 0 Å². The number of hydrogen-bond donors (Lipinski definition) is 1. The lowest BCUT2D eigenvalue weighted by molar-refractivity contribution is -0.865. The van der Waals surface area contributed by atoms with Crippen LogP contribution in [0.15, 0.2) is 10.6 Å². The summed E-state index contributed by atoms with van der Waals surface area (Å²) in [6.07, 6.45) is 4.36. The minimum absolute atomic E-state index is 0. The number of urea groups is 1. The minimum Gasteiger partial charge on any atom is -1.00 e. The first-order valence-electron chi connectivity index (χ1n) is 6.85. The van der Waals surface area contributed by atoms with Gasteiger partial charge in [0.2, 0.25) is 0 Å². The highest BCUT2D eigenvalue weighted by Crippen LogP contribution is 2.34. The van der Waals surface area contributed by atoms with Crippen LogP contribution in [0.5, 0.6) is 0 Å². The van der Waals surface area contributed by atoms with Gasteiger partial charge in [0.25, 0.3) is 0 Å². The number of amides is 2. The fourth-order valence-corrected chi connectivity index (χ4v) is 3.13. The molecule has 3 aliphatic heterocycles. The standard InChI is InChI=1S/C13H19N3O2.BrH/c1-2-11-9-12(15-18-11)14-13(17)16-6-3-10(4-7-16)5-8-16;/h9-10H,2-8H2,1H3;1H. The van der Waals surface area contributed by atoms with E-state index in [1.54, 1.807) is 0 Å². The van der Waals surface area contributed by atoms with Gasteiger partial charge in [-0.05, 0) is 5.92 Å². The highest BCUT2D eigenvalue weighted by Gasteiger charge is 2.45. The molecule has 1 aromatic rings. The zero-order valence-electron chi connectivity index (χ0n) is 11.2. The van der Waals surface area contributed by atoms with E-state index in [0.29, 0.717) is 10.3 Å². The van der Waals surface area contributed by atoms with Gasteiger partial charge < -0.3 is 21.5 Å². The molecular weight excluding hydrogens is 310 g/mol. The minimum atomic E-state index is 0. The van der Waals surface area contributed by atoms with Crippen molar-refractivity contribution in [2.75, 3.05) is 25.0 Å². The van der Waals surface area contributed by atoms with Crippen molar-refractivity contribution in [3.8, 4) is 0 Å². The first-order valence-corrected chi connectivity index (χ1v) is 6.85. The molecule has 2 amide bonds. The van der Waals surface area contributed by atoms with E-state index in [4.69, 9.17) is 4.52 Å². The number of nitrogens with zero attached hydrogens (tertiary/aromatic N) is 2. The highest BCUT2D eigenvalue weighted by molar-refractivity contribution is 5.83. The van der Waals surface area contributed by atoms with E-state index in [2.05, 4.69) is 10.5 Å². The molecule has 5 nitrogen and oxygen atoms in total. The second-order valence-electron chi connectivity index (χ2n) is 5.51. The Hall–Kier alpha value is -0.880. The van der Waals surface area contributed by atoms with Gasteiger partial charge in [0, 0.05) is 31.7 Å². The van der Waals surface area contributed by atoms with Crippen molar-refractivity contribution < 1.29 is 30.8 Å². The number of hydrogen-bond acceptors (Lipinski definition) is 3. The number of quaternary nitrogens is 1. The molecule has 0 unspecified atom stereocenters. The van der Waals surface area contributed by atoms with E-state index in [1.807, 2.05) is 13.0 Å². The number of piperidine rings is 3. The zero-order valence-corrected chi connectivity index (χ0v) is 12.8. The van der Waals surface area contributed by atoms with Crippen molar-refractivity contribution in [1.82, 2.24) is 5.16 Å². The third-order valence-corrected chi connectivity index (χ3v) is 4.47. The Morgan fingerprint density at radius 3 is 2.58 bits per heavy atom. The van der Waals surface area contributed by atoms with E-state index in [0.717, 1.165) is 37.7 Å². The molecule has 19 heavy (non-hydrogen) atoms. The third-order valence-electron chi connectivity index (χ3n) is 4.47. The molecule has 0 aliphatic carbocycles. The van der Waals surface area contributed by atoms with E-state index in [-0.39, 0.29) is 23.0 Å². The lowest BCUT2D eigenvalue weighted by Crippen LogP contribution is -3.00. The number of rotatable bonds is 2. The summed E-state index contributed by atoms with van der Waals surface area (Å²) >= 11 is 0. The fraction of sp³-hybridized carbons (Fsp3) is 0.692. The second-order valence-corrected chi connectivity index (χ2v) is 5.51. The van der Waals surface area contributed by atoms with Crippen molar-refractivity contribution >= 4 is 11.8 Å². The monoisotopic (exact) mass is 329 g/mol. The number of aromatic nitrogens is 1. The molecule has 1 N–H and O–H groups in total. The number of fused-ring (bicyclic) bond motifs is 3. The van der Waals surface area contributed by atoms with Gasteiger partial charge in [-0.3, -0.25) is 5.32 Å². The number of anilines is 1. The van der Waals surface area contributed by atoms with E-state index >= 15 is 0 Å². The molecule has 3 fully saturated rings. The Balaban J connectivity index is 0.00000133. The van der Waals surface area contributed by atoms with Crippen molar-refractivity contribution in [2.24, 2.45) is 5.92 Å². The normalized spacial score (nSPS) is 28.8. The van der Waals surface area contributed by atoms with Gasteiger partial charge >= 0.3 is 6.03 Å². The predicted molar refractivity (Wildman–Crippen MR) is 67.1 cm³/mol. The highest BCUT2D eigenvalue weighted by atomic mass is 79.9. The first kappa shape index (κ1) is 14.5. The summed E-state index contributed by atoms with van der Waals surface area (Å²) in [6.45, 7) is 4.95. The van der Waals surface area contributed by atoms with Crippen LogP contribution in [0.1, 0.15) is 31.9 Å². The van der Waals surface area contributed by atoms with Crippen LogP contribution in [0.2, 0.25) is 0 Å². The molecular formula is C13H20BrN3O2. The maximum atomic E-state index is 12.4. The summed E-state index contributed by atoms with van der Waals surface area (Å²) in [5, 5.41) is 6.79. The fourth-order valence-electron chi connectivity index (χ4n) is 3.13. The molecule has 6 heteroatoms. The molecule has 0 radical (unpaired) electrons. The van der Waals surface area contributed by atoms with Crippen LogP contribution in [0.3, 0.4) is 0 Å². The maximum absolute atomic E-state index is 12.4. The van der Waals surface area contributed by atoms with E-state index in [9.17, 15) is 4.79 Å². The number of aryl methyl sites for hydroxylation is 1. The van der Waals surface area contributed by atoms with Gasteiger partial charge in [0.15, 0.2) is 5.82 Å². The number of nitrogens with one attached hydrogen (secondary N) is 1. The number of carbonyl (C=O) groups is 1. The maximum Gasteiger partial charge on any atom is 0.422 e. The molecule has 0 spiro atoms. The van der Waals surface area contributed by atoms with Gasteiger partial charge in [0.05, 0.1) is 19.6 Å². The van der Waals surface area contributed by atoms with Gasteiger partial charge in [-0.2, -0.15) is 0 Å². The van der Waals surface area contributed by atoms with E-state index in [1.165, 1.54) is 19.3 Å². The molecule has 0 atom stereocenters. The molecule has 3 saturated heterocycles. The lowest BCUT2D eigenvalue weighted by Gasteiger charge is -2.46. The molecule has 0 aromatic carbocycles. The molecule has 1 aromatic heterocycles. The molecule has 2 bridgehead atoms. The molecule has 0 saturated carbocycles. The largest absolute Gasteiger partial charge is 1.00 e. The summed E-state index contributed by atoms with van der Waals surface area (Å²) in [7, 11) is 0. The Morgan fingerprint density at radius 2 is 2.05 bits per heavy atom. The van der Waals surface area contributed by atoms with Gasteiger partial charge in [-0.1, -0.05) is 12.1 Å². The van der Waals surface area contributed by atoms with E-state index < -0.39 is 0 Å². The molecule has 3 aliphatic rings. The summed E-state index contributed by atoms with van der Waals surface area (Å²) < 4.78 is 5.69. The van der Waals surface area contributed by atoms with Crippen LogP contribution in [-0.2, 0) is 6.42 Å². The van der Waals surface area contributed by atoms with Crippen molar-refractivity contribution in [3.63, 3.8) is 0 Å². The van der Waals surface area contributed by atoms with Crippen LogP contribution < -0.4 is 22.3 Å². The van der Waals surface area contributed by atoms with Crippen LogP contribution in [0.25, 0.3) is 0 Å². The summed E-state index contributed by atoms with van der Waals surface area (Å²) in [6, 6.07) is 1.90. The van der Waals surface area contributed by atoms with Crippen LogP contribution in [0.4, 0.5) is 10.6 Å². The Bertz CT molecular complexity index is 439. The zero-order chi connectivity index (χ0) is 12.6. The molecule has 106 valence electrons. The topological polar surface area (TPSA) is 55.1 Å². The SMILES string of the molecule is CCc1cc(NC(=O)[N+]23CCC(CC2)CC3)no1.[Br-]. The quantitative estimate of drug-likeness (QED) is 0.737. The van der Waals surface area contributed by atoms with Crippen molar-refractivity contribution in [3.05, 3.63) is 11.8 Å². The van der Waals surface area contributed by atoms with Crippen molar-refractivity contribution in [1.29, 1.82) is 0 Å².